The van der Waals surface area contributed by atoms with Gasteiger partial charge in [-0.2, -0.15) is 15.1 Å². The van der Waals surface area contributed by atoms with E-state index in [1.54, 1.807) is 6.20 Å². The number of rotatable bonds is 8. The third kappa shape index (κ3) is 5.95. The van der Waals surface area contributed by atoms with Gasteiger partial charge in [-0.25, -0.2) is 15.0 Å². The van der Waals surface area contributed by atoms with Crippen molar-refractivity contribution in [2.75, 3.05) is 66.7 Å². The molecule has 0 bridgehead atoms. The number of anilines is 5. The van der Waals surface area contributed by atoms with Crippen LogP contribution in [-0.4, -0.2) is 86.7 Å². The predicted octanol–water partition coefficient (Wildman–Crippen LogP) is 1.40. The molecule has 1 atom stereocenters. The molecule has 40 heavy (non-hydrogen) atoms. The molecule has 1 unspecified atom stereocenters. The van der Waals surface area contributed by atoms with E-state index in [0.717, 1.165) is 62.8 Å². The van der Waals surface area contributed by atoms with E-state index in [2.05, 4.69) is 62.6 Å². The molecule has 13 heteroatoms. The average Bonchev–Trinajstić information content (AvgIpc) is 3.33. The number of nitrogens with one attached hydrogen (secondary N) is 2. The van der Waals surface area contributed by atoms with Crippen molar-refractivity contribution in [1.29, 1.82) is 0 Å². The molecule has 13 nitrogen and oxygen atoms in total. The first-order valence-corrected chi connectivity index (χ1v) is 13.6. The number of piperazine rings is 1. The third-order valence-electron chi connectivity index (χ3n) is 7.26. The number of nitrogens with zero attached hydrogens (tertiary/aromatic N) is 9. The molecular formula is C27H34N12O. The maximum absolute atomic E-state index is 6.30. The number of nitrogens with two attached hydrogens (primary N) is 1. The van der Waals surface area contributed by atoms with Crippen molar-refractivity contribution >= 4 is 29.4 Å². The average molecular weight is 543 g/mol. The number of morpholine rings is 1. The fraction of sp³-hybridized carbons (Fsp3) is 0.407. The summed E-state index contributed by atoms with van der Waals surface area (Å²) in [5.74, 6) is 2.28. The van der Waals surface area contributed by atoms with Crippen LogP contribution in [0.1, 0.15) is 16.8 Å². The van der Waals surface area contributed by atoms with Crippen LogP contribution in [0.5, 0.6) is 0 Å². The van der Waals surface area contributed by atoms with Crippen LogP contribution in [0.15, 0.2) is 49.1 Å². The first-order valence-electron chi connectivity index (χ1n) is 13.6. The SMILES string of the molecule is Cc1c(Nc2ncnc(N3CCN(c4ncc(Cc5ccccc5)c(N)n4)CC3)n2)cnn1CC1CNCCO1. The lowest BCUT2D eigenvalue weighted by Gasteiger charge is -2.34. The van der Waals surface area contributed by atoms with Crippen LogP contribution in [0.2, 0.25) is 0 Å². The molecule has 2 saturated heterocycles. The molecule has 0 radical (unpaired) electrons. The number of ether oxygens (including phenoxy) is 1. The van der Waals surface area contributed by atoms with Crippen molar-refractivity contribution in [2.45, 2.75) is 26.0 Å². The van der Waals surface area contributed by atoms with E-state index in [-0.39, 0.29) is 6.10 Å². The molecule has 208 valence electrons. The second-order valence-electron chi connectivity index (χ2n) is 9.97. The Morgan fingerprint density at radius 3 is 2.50 bits per heavy atom. The van der Waals surface area contributed by atoms with Crippen molar-refractivity contribution < 1.29 is 4.74 Å². The van der Waals surface area contributed by atoms with Gasteiger partial charge in [0.05, 0.1) is 36.8 Å². The summed E-state index contributed by atoms with van der Waals surface area (Å²) < 4.78 is 7.76. The summed E-state index contributed by atoms with van der Waals surface area (Å²) >= 11 is 0. The topological polar surface area (TPSA) is 148 Å². The minimum absolute atomic E-state index is 0.108. The Morgan fingerprint density at radius 1 is 1.00 bits per heavy atom. The highest BCUT2D eigenvalue weighted by Gasteiger charge is 2.22. The van der Waals surface area contributed by atoms with Crippen LogP contribution in [0.3, 0.4) is 0 Å². The summed E-state index contributed by atoms with van der Waals surface area (Å²) in [6.07, 6.45) is 5.99. The Kier molecular flexibility index (Phi) is 7.64. The highest BCUT2D eigenvalue weighted by molar-refractivity contribution is 5.56. The van der Waals surface area contributed by atoms with Crippen LogP contribution in [0.25, 0.3) is 0 Å². The van der Waals surface area contributed by atoms with E-state index in [4.69, 9.17) is 10.5 Å². The molecule has 0 saturated carbocycles. The first-order chi connectivity index (χ1) is 19.6. The van der Waals surface area contributed by atoms with Gasteiger partial charge in [-0.15, -0.1) is 0 Å². The lowest BCUT2D eigenvalue weighted by molar-refractivity contribution is 0.0158. The fourth-order valence-corrected chi connectivity index (χ4v) is 4.92. The molecule has 5 heterocycles. The molecular weight excluding hydrogens is 508 g/mol. The van der Waals surface area contributed by atoms with Crippen LogP contribution in [0.4, 0.5) is 29.4 Å². The fourth-order valence-electron chi connectivity index (χ4n) is 4.92. The largest absolute Gasteiger partial charge is 0.383 e. The number of benzene rings is 1. The second kappa shape index (κ2) is 11.8. The van der Waals surface area contributed by atoms with E-state index in [9.17, 15) is 0 Å². The molecule has 4 N–H and O–H groups in total. The third-order valence-corrected chi connectivity index (χ3v) is 7.26. The van der Waals surface area contributed by atoms with Crippen LogP contribution >= 0.6 is 0 Å². The molecule has 2 aliphatic rings. The van der Waals surface area contributed by atoms with Crippen LogP contribution in [0, 0.1) is 6.92 Å². The van der Waals surface area contributed by atoms with E-state index < -0.39 is 0 Å². The lowest BCUT2D eigenvalue weighted by Crippen LogP contribution is -2.47. The zero-order chi connectivity index (χ0) is 27.3. The Morgan fingerprint density at radius 2 is 1.77 bits per heavy atom. The van der Waals surface area contributed by atoms with Crippen molar-refractivity contribution in [3.05, 3.63) is 65.9 Å². The van der Waals surface area contributed by atoms with Crippen molar-refractivity contribution in [3.63, 3.8) is 0 Å². The lowest BCUT2D eigenvalue weighted by atomic mass is 10.1. The van der Waals surface area contributed by atoms with E-state index in [1.165, 1.54) is 11.9 Å². The molecule has 3 aromatic heterocycles. The van der Waals surface area contributed by atoms with Gasteiger partial charge in [0, 0.05) is 57.4 Å². The zero-order valence-corrected chi connectivity index (χ0v) is 22.6. The summed E-state index contributed by atoms with van der Waals surface area (Å²) in [4.78, 5) is 26.9. The van der Waals surface area contributed by atoms with E-state index in [1.807, 2.05) is 36.0 Å². The van der Waals surface area contributed by atoms with Crippen LogP contribution in [-0.2, 0) is 17.7 Å². The molecule has 2 aliphatic heterocycles. The Balaban J connectivity index is 1.05. The second-order valence-corrected chi connectivity index (χ2v) is 9.97. The molecule has 2 fully saturated rings. The monoisotopic (exact) mass is 542 g/mol. The van der Waals surface area contributed by atoms with Crippen molar-refractivity contribution in [3.8, 4) is 0 Å². The first kappa shape index (κ1) is 25.9. The van der Waals surface area contributed by atoms with Crippen molar-refractivity contribution in [1.82, 2.24) is 40.0 Å². The highest BCUT2D eigenvalue weighted by Crippen LogP contribution is 2.22. The molecule has 0 amide bonds. The predicted molar refractivity (Wildman–Crippen MR) is 153 cm³/mol. The minimum Gasteiger partial charge on any atom is -0.383 e. The molecule has 4 aromatic rings. The van der Waals surface area contributed by atoms with E-state index >= 15 is 0 Å². The minimum atomic E-state index is 0.108. The zero-order valence-electron chi connectivity index (χ0n) is 22.6. The molecule has 6 rings (SSSR count). The summed E-state index contributed by atoms with van der Waals surface area (Å²) in [7, 11) is 0. The number of nitrogen functional groups attached to an aromatic ring is 1. The van der Waals surface area contributed by atoms with Crippen LogP contribution < -0.4 is 26.2 Å². The normalized spacial score (nSPS) is 17.7. The quantitative estimate of drug-likeness (QED) is 0.295. The summed E-state index contributed by atoms with van der Waals surface area (Å²) in [6.45, 7) is 8.07. The molecule has 0 spiro atoms. The smallest absolute Gasteiger partial charge is 0.232 e. The molecule has 1 aromatic carbocycles. The highest BCUT2D eigenvalue weighted by atomic mass is 16.5. The van der Waals surface area contributed by atoms with Gasteiger partial charge in [0.1, 0.15) is 12.1 Å². The van der Waals surface area contributed by atoms with E-state index in [0.29, 0.717) is 36.6 Å². The van der Waals surface area contributed by atoms with Gasteiger partial charge in [0.15, 0.2) is 0 Å². The standard InChI is InChI=1S/C27H34N12O/c1-19-23(16-33-39(19)17-22-15-29-7-12-40-22)34-25-31-18-32-27(36-25)38-10-8-37(9-11-38)26-30-14-21(24(28)35-26)13-20-5-3-2-4-6-20/h2-6,14,16,18,22,29H,7-13,15,17H2,1H3,(H2,28,30,35)(H,31,32,34,36). The Bertz CT molecular complexity index is 1410. The number of hydrogen-bond donors (Lipinski definition) is 3. The Labute approximate surface area is 232 Å². The van der Waals surface area contributed by atoms with Gasteiger partial charge < -0.3 is 30.9 Å². The van der Waals surface area contributed by atoms with Gasteiger partial charge in [-0.3, -0.25) is 4.68 Å². The van der Waals surface area contributed by atoms with Gasteiger partial charge in [0.2, 0.25) is 17.8 Å². The Hall–Kier alpha value is -4.36. The summed E-state index contributed by atoms with van der Waals surface area (Å²) in [5, 5.41) is 11.2. The van der Waals surface area contributed by atoms with Gasteiger partial charge in [-0.1, -0.05) is 30.3 Å². The molecule has 0 aliphatic carbocycles. The number of hydrogen-bond acceptors (Lipinski definition) is 12. The van der Waals surface area contributed by atoms with Gasteiger partial charge in [0.25, 0.3) is 0 Å². The number of aromatic nitrogens is 7. The van der Waals surface area contributed by atoms with Crippen molar-refractivity contribution in [2.24, 2.45) is 0 Å². The van der Waals surface area contributed by atoms with Gasteiger partial charge in [-0.05, 0) is 12.5 Å². The van der Waals surface area contributed by atoms with Gasteiger partial charge >= 0.3 is 0 Å². The summed E-state index contributed by atoms with van der Waals surface area (Å²) in [5.41, 5.74) is 10.3. The summed E-state index contributed by atoms with van der Waals surface area (Å²) in [6, 6.07) is 10.2. The maximum atomic E-state index is 6.30. The maximum Gasteiger partial charge on any atom is 0.232 e.